The summed E-state index contributed by atoms with van der Waals surface area (Å²) in [7, 11) is 0. The molecule has 1 aliphatic rings. The smallest absolute Gasteiger partial charge is 0.319 e. The van der Waals surface area contributed by atoms with Gasteiger partial charge in [-0.3, -0.25) is 14.5 Å². The summed E-state index contributed by atoms with van der Waals surface area (Å²) in [5, 5.41) is 2.67. The van der Waals surface area contributed by atoms with E-state index < -0.39 is 23.3 Å². The topological polar surface area (TPSA) is 66.5 Å². The van der Waals surface area contributed by atoms with Gasteiger partial charge in [0.05, 0.1) is 6.54 Å². The second-order valence-corrected chi connectivity index (χ2v) is 5.88. The summed E-state index contributed by atoms with van der Waals surface area (Å²) in [4.78, 5) is 38.5. The highest BCUT2D eigenvalue weighted by Gasteiger charge is 2.51. The zero-order valence-electron chi connectivity index (χ0n) is 13.7. The third-order valence-corrected chi connectivity index (χ3v) is 4.44. The highest BCUT2D eigenvalue weighted by molar-refractivity contribution is 6.11. The van der Waals surface area contributed by atoms with E-state index in [9.17, 15) is 18.8 Å². The molecule has 1 N–H and O–H groups in total. The lowest BCUT2D eigenvalue weighted by Gasteiger charge is -2.25. The SMILES string of the molecule is CCC1(c2ccc(F)cc2)NC(=O)N(CC(=O)c2ccccc2)C1=O. The molecule has 0 spiro atoms. The second kappa shape index (κ2) is 6.47. The number of hydrogen-bond donors (Lipinski definition) is 1. The van der Waals surface area contributed by atoms with Crippen LogP contribution in [0.1, 0.15) is 29.3 Å². The summed E-state index contributed by atoms with van der Waals surface area (Å²) in [6.45, 7) is 1.42. The third-order valence-electron chi connectivity index (χ3n) is 4.44. The van der Waals surface area contributed by atoms with Gasteiger partial charge in [0, 0.05) is 5.56 Å². The number of hydrogen-bond acceptors (Lipinski definition) is 3. The van der Waals surface area contributed by atoms with Gasteiger partial charge in [-0.25, -0.2) is 9.18 Å². The molecule has 1 heterocycles. The minimum atomic E-state index is -1.28. The van der Waals surface area contributed by atoms with E-state index >= 15 is 0 Å². The van der Waals surface area contributed by atoms with E-state index in [4.69, 9.17) is 0 Å². The van der Waals surface area contributed by atoms with Crippen molar-refractivity contribution in [2.45, 2.75) is 18.9 Å². The Bertz CT molecular complexity index is 820. The van der Waals surface area contributed by atoms with Gasteiger partial charge in [0.2, 0.25) is 0 Å². The molecule has 3 amide bonds. The highest BCUT2D eigenvalue weighted by atomic mass is 19.1. The zero-order valence-corrected chi connectivity index (χ0v) is 13.7. The van der Waals surface area contributed by atoms with E-state index in [1.165, 1.54) is 24.3 Å². The number of carbonyl (C=O) groups excluding carboxylic acids is 3. The first-order valence-electron chi connectivity index (χ1n) is 7.96. The number of nitrogens with one attached hydrogen (secondary N) is 1. The van der Waals surface area contributed by atoms with Gasteiger partial charge >= 0.3 is 6.03 Å². The highest BCUT2D eigenvalue weighted by Crippen LogP contribution is 2.32. The molecule has 0 aromatic heterocycles. The molecule has 3 rings (SSSR count). The largest absolute Gasteiger partial charge is 0.325 e. The molecule has 0 aliphatic carbocycles. The van der Waals surface area contributed by atoms with Gasteiger partial charge < -0.3 is 5.32 Å². The van der Waals surface area contributed by atoms with Crippen LogP contribution in [0.25, 0.3) is 0 Å². The molecule has 0 bridgehead atoms. The van der Waals surface area contributed by atoms with Crippen molar-refractivity contribution in [3.8, 4) is 0 Å². The number of amides is 3. The summed E-state index contributed by atoms with van der Waals surface area (Å²) in [5.74, 6) is -1.26. The Morgan fingerprint density at radius 1 is 1.08 bits per heavy atom. The summed E-state index contributed by atoms with van der Waals surface area (Å²) in [5.41, 5.74) is -0.356. The average molecular weight is 340 g/mol. The third kappa shape index (κ3) is 2.91. The van der Waals surface area contributed by atoms with Crippen LogP contribution in [0.4, 0.5) is 9.18 Å². The second-order valence-electron chi connectivity index (χ2n) is 5.88. The Balaban J connectivity index is 1.88. The molecular weight excluding hydrogens is 323 g/mol. The lowest BCUT2D eigenvalue weighted by Crippen LogP contribution is -2.43. The van der Waals surface area contributed by atoms with Gasteiger partial charge in [0.1, 0.15) is 11.4 Å². The quantitative estimate of drug-likeness (QED) is 0.672. The first kappa shape index (κ1) is 16.8. The van der Waals surface area contributed by atoms with Crippen molar-refractivity contribution in [1.29, 1.82) is 0 Å². The number of imide groups is 1. The van der Waals surface area contributed by atoms with Crippen molar-refractivity contribution in [3.63, 3.8) is 0 Å². The van der Waals surface area contributed by atoms with Gasteiger partial charge in [-0.15, -0.1) is 0 Å². The molecule has 25 heavy (non-hydrogen) atoms. The van der Waals surface area contributed by atoms with Crippen molar-refractivity contribution >= 4 is 17.7 Å². The van der Waals surface area contributed by atoms with E-state index in [0.717, 1.165) is 4.90 Å². The summed E-state index contributed by atoms with van der Waals surface area (Å²) in [6, 6.07) is 13.3. The Kier molecular flexibility index (Phi) is 4.35. The molecule has 1 fully saturated rings. The van der Waals surface area contributed by atoms with Gasteiger partial charge in [-0.1, -0.05) is 49.4 Å². The maximum atomic E-state index is 13.2. The first-order valence-corrected chi connectivity index (χ1v) is 7.96. The summed E-state index contributed by atoms with van der Waals surface area (Å²) < 4.78 is 13.2. The first-order chi connectivity index (χ1) is 12.0. The fourth-order valence-electron chi connectivity index (χ4n) is 3.00. The van der Waals surface area contributed by atoms with Crippen LogP contribution in [0.5, 0.6) is 0 Å². The number of nitrogens with zero attached hydrogens (tertiary/aromatic N) is 1. The van der Waals surface area contributed by atoms with Gasteiger partial charge in [-0.05, 0) is 24.1 Å². The molecule has 5 nitrogen and oxygen atoms in total. The molecule has 1 atom stereocenters. The van der Waals surface area contributed by atoms with Crippen LogP contribution in [0.15, 0.2) is 54.6 Å². The molecule has 128 valence electrons. The predicted molar refractivity (Wildman–Crippen MR) is 89.4 cm³/mol. The van der Waals surface area contributed by atoms with Crippen LogP contribution < -0.4 is 5.32 Å². The van der Waals surface area contributed by atoms with Crippen molar-refractivity contribution in [3.05, 3.63) is 71.5 Å². The monoisotopic (exact) mass is 340 g/mol. The lowest BCUT2D eigenvalue weighted by molar-refractivity contribution is -0.131. The normalized spacial score (nSPS) is 19.8. The standard InChI is InChI=1S/C19H17FN2O3/c1-2-19(14-8-10-15(20)11-9-14)17(24)22(18(25)21-19)12-16(23)13-6-4-3-5-7-13/h3-11H,2,12H2,1H3,(H,21,25). The predicted octanol–water partition coefficient (Wildman–Crippen LogP) is 2.87. The van der Waals surface area contributed by atoms with Gasteiger partial charge in [0.15, 0.2) is 5.78 Å². The minimum Gasteiger partial charge on any atom is -0.319 e. The number of Topliss-reactive ketones (excluding diaryl/α,β-unsaturated/α-hetero) is 1. The zero-order chi connectivity index (χ0) is 18.0. The molecule has 0 saturated carbocycles. The number of urea groups is 1. The van der Waals surface area contributed by atoms with E-state index in [0.29, 0.717) is 17.5 Å². The van der Waals surface area contributed by atoms with Crippen LogP contribution in [-0.2, 0) is 10.3 Å². The molecular formula is C19H17FN2O3. The van der Waals surface area contributed by atoms with Crippen molar-refractivity contribution in [2.24, 2.45) is 0 Å². The number of benzene rings is 2. The maximum absolute atomic E-state index is 13.2. The molecule has 1 saturated heterocycles. The Labute approximate surface area is 144 Å². The van der Waals surface area contributed by atoms with Gasteiger partial charge in [0.25, 0.3) is 5.91 Å². The van der Waals surface area contributed by atoms with Crippen LogP contribution in [0, 0.1) is 5.82 Å². The van der Waals surface area contributed by atoms with Crippen LogP contribution in [0.3, 0.4) is 0 Å². The fraction of sp³-hybridized carbons (Fsp3) is 0.211. The molecule has 2 aromatic rings. The number of ketones is 1. The number of carbonyl (C=O) groups is 3. The maximum Gasteiger partial charge on any atom is 0.325 e. The van der Waals surface area contributed by atoms with E-state index in [-0.39, 0.29) is 12.3 Å². The van der Waals surface area contributed by atoms with E-state index in [1.807, 2.05) is 0 Å². The van der Waals surface area contributed by atoms with E-state index in [2.05, 4.69) is 5.32 Å². The van der Waals surface area contributed by atoms with E-state index in [1.54, 1.807) is 37.3 Å². The fourth-order valence-corrected chi connectivity index (χ4v) is 3.00. The molecule has 0 radical (unpaired) electrons. The van der Waals surface area contributed by atoms with Crippen molar-refractivity contribution in [2.75, 3.05) is 6.54 Å². The van der Waals surface area contributed by atoms with Gasteiger partial charge in [-0.2, -0.15) is 0 Å². The average Bonchev–Trinajstić information content (AvgIpc) is 2.88. The van der Waals surface area contributed by atoms with Crippen molar-refractivity contribution < 1.29 is 18.8 Å². The number of rotatable bonds is 5. The Morgan fingerprint density at radius 2 is 1.72 bits per heavy atom. The summed E-state index contributed by atoms with van der Waals surface area (Å²) in [6.07, 6.45) is 0.291. The molecule has 6 heteroatoms. The molecule has 1 unspecified atom stereocenters. The minimum absolute atomic E-state index is 0.291. The van der Waals surface area contributed by atoms with Crippen LogP contribution in [-0.4, -0.2) is 29.2 Å². The van der Waals surface area contributed by atoms with Crippen LogP contribution >= 0.6 is 0 Å². The Hall–Kier alpha value is -3.02. The Morgan fingerprint density at radius 3 is 2.32 bits per heavy atom. The molecule has 1 aliphatic heterocycles. The molecule has 2 aromatic carbocycles. The lowest BCUT2D eigenvalue weighted by atomic mass is 9.87. The van der Waals surface area contributed by atoms with Crippen LogP contribution in [0.2, 0.25) is 0 Å². The van der Waals surface area contributed by atoms with Crippen molar-refractivity contribution in [1.82, 2.24) is 10.2 Å². The summed E-state index contributed by atoms with van der Waals surface area (Å²) >= 11 is 0. The number of halogens is 1.